The smallest absolute Gasteiger partial charge is 0.0308 e. The Morgan fingerprint density at radius 3 is 0.724 bits per heavy atom. The molecule has 0 N–H and O–H groups in total. The van der Waals surface area contributed by atoms with Gasteiger partial charge in [0.05, 0.1) is 0 Å². The summed E-state index contributed by atoms with van der Waals surface area (Å²) in [5, 5.41) is 0. The minimum Gasteiger partial charge on any atom is -0.0656 e. The largest absolute Gasteiger partial charge is 0.0656 e. The molecule has 0 heteroatoms. The maximum atomic E-state index is 2.30. The van der Waals surface area contributed by atoms with Gasteiger partial charge in [0, 0.05) is 0 Å². The molecule has 0 aliphatic carbocycles. The topological polar surface area (TPSA) is 0 Å². The van der Waals surface area contributed by atoms with E-state index >= 15 is 0 Å². The lowest BCUT2D eigenvalue weighted by molar-refractivity contribution is 0.240. The van der Waals surface area contributed by atoms with Crippen LogP contribution in [0.2, 0.25) is 0 Å². The second-order valence-corrected chi connectivity index (χ2v) is 9.41. The van der Waals surface area contributed by atoms with E-state index in [0.717, 1.165) is 5.92 Å². The van der Waals surface area contributed by atoms with Crippen LogP contribution in [-0.2, 0) is 0 Å². The monoisotopic (exact) mass is 417 g/mol. The van der Waals surface area contributed by atoms with E-state index in [1.165, 1.54) is 70.6 Å². The lowest BCUT2D eigenvalue weighted by atomic mass is 9.78. The van der Waals surface area contributed by atoms with Crippen molar-refractivity contribution in [2.24, 2.45) is 16.7 Å². The van der Waals surface area contributed by atoms with Gasteiger partial charge in [-0.05, 0) is 16.7 Å². The SMILES string of the molecule is CCC.CCC(C)(C)CC.CCC(C)CC.CCC(CC)(CC)CC.CCCC. The minimum atomic E-state index is 0.583. The van der Waals surface area contributed by atoms with E-state index in [1.54, 1.807) is 0 Å². The molecule has 0 aromatic rings. The molecule has 0 aliphatic heterocycles. The van der Waals surface area contributed by atoms with E-state index in [4.69, 9.17) is 0 Å². The Balaban J connectivity index is -0.0000000870. The molecular formula is C29H68. The Hall–Kier alpha value is 0. The summed E-state index contributed by atoms with van der Waals surface area (Å²) in [6.45, 7) is 33.6. The Morgan fingerprint density at radius 2 is 0.724 bits per heavy atom. The van der Waals surface area contributed by atoms with Crippen molar-refractivity contribution >= 4 is 0 Å². The lowest BCUT2D eigenvalue weighted by Crippen LogP contribution is -2.15. The first-order valence-electron chi connectivity index (χ1n) is 13.5. The van der Waals surface area contributed by atoms with Crippen LogP contribution in [0.3, 0.4) is 0 Å². The van der Waals surface area contributed by atoms with E-state index in [0.29, 0.717) is 10.8 Å². The van der Waals surface area contributed by atoms with E-state index in [9.17, 15) is 0 Å². The molecule has 0 saturated heterocycles. The Bertz CT molecular complexity index is 205. The molecule has 184 valence electrons. The zero-order valence-electron chi connectivity index (χ0n) is 24.4. The average molecular weight is 417 g/mol. The Kier molecular flexibility index (Phi) is 41.1. The predicted octanol–water partition coefficient (Wildman–Crippen LogP) is 12.1. The van der Waals surface area contributed by atoms with Crippen LogP contribution >= 0.6 is 0 Å². The second kappa shape index (κ2) is 30.2. The van der Waals surface area contributed by atoms with Crippen molar-refractivity contribution in [3.8, 4) is 0 Å². The number of hydrogen-bond donors (Lipinski definition) is 0. The quantitative estimate of drug-likeness (QED) is 0.350. The third-order valence-electron chi connectivity index (χ3n) is 6.81. The molecule has 0 spiro atoms. The minimum absolute atomic E-state index is 0.583. The molecule has 0 aromatic heterocycles. The molecule has 0 unspecified atom stereocenters. The summed E-state index contributed by atoms with van der Waals surface area (Å²) < 4.78 is 0. The van der Waals surface area contributed by atoms with Crippen LogP contribution in [0.15, 0.2) is 0 Å². The van der Waals surface area contributed by atoms with E-state index in [2.05, 4.69) is 104 Å². The van der Waals surface area contributed by atoms with Crippen molar-refractivity contribution < 1.29 is 0 Å². The third kappa shape index (κ3) is 35.8. The zero-order chi connectivity index (χ0) is 24.4. The summed E-state index contributed by atoms with van der Waals surface area (Å²) in [5.41, 5.74) is 1.25. The van der Waals surface area contributed by atoms with Crippen LogP contribution in [-0.4, -0.2) is 0 Å². The van der Waals surface area contributed by atoms with Crippen LogP contribution in [0.1, 0.15) is 174 Å². The first kappa shape index (κ1) is 39.5. The Morgan fingerprint density at radius 1 is 0.483 bits per heavy atom. The normalized spacial score (nSPS) is 10.3. The maximum absolute atomic E-state index is 2.30. The van der Waals surface area contributed by atoms with Gasteiger partial charge in [0.1, 0.15) is 0 Å². The van der Waals surface area contributed by atoms with Gasteiger partial charge < -0.3 is 0 Å². The van der Waals surface area contributed by atoms with Gasteiger partial charge in [-0.15, -0.1) is 0 Å². The second-order valence-electron chi connectivity index (χ2n) is 9.41. The highest BCUT2D eigenvalue weighted by Crippen LogP contribution is 2.33. The highest BCUT2D eigenvalue weighted by molar-refractivity contribution is 4.72. The molecule has 0 fully saturated rings. The predicted molar refractivity (Wildman–Crippen MR) is 144 cm³/mol. The van der Waals surface area contributed by atoms with Gasteiger partial charge in [-0.1, -0.05) is 174 Å². The lowest BCUT2D eigenvalue weighted by Gasteiger charge is -2.28. The van der Waals surface area contributed by atoms with E-state index in [-0.39, 0.29) is 0 Å². The highest BCUT2D eigenvalue weighted by atomic mass is 14.3. The van der Waals surface area contributed by atoms with Crippen molar-refractivity contribution in [2.75, 3.05) is 0 Å². The van der Waals surface area contributed by atoms with Gasteiger partial charge in [-0.2, -0.15) is 0 Å². The number of unbranched alkanes of at least 4 members (excludes halogenated alkanes) is 1. The Labute approximate surface area is 191 Å². The molecule has 0 saturated carbocycles. The molecule has 0 rings (SSSR count). The molecule has 0 bridgehead atoms. The van der Waals surface area contributed by atoms with Crippen molar-refractivity contribution in [2.45, 2.75) is 174 Å². The van der Waals surface area contributed by atoms with Crippen LogP contribution in [0, 0.1) is 16.7 Å². The molecule has 0 nitrogen and oxygen atoms in total. The molecule has 0 atom stereocenters. The molecular weight excluding hydrogens is 348 g/mol. The number of rotatable bonds is 9. The molecule has 0 heterocycles. The molecule has 29 heavy (non-hydrogen) atoms. The van der Waals surface area contributed by atoms with Gasteiger partial charge in [-0.25, -0.2) is 0 Å². The van der Waals surface area contributed by atoms with Crippen molar-refractivity contribution in [3.63, 3.8) is 0 Å². The highest BCUT2D eigenvalue weighted by Gasteiger charge is 2.20. The van der Waals surface area contributed by atoms with Crippen LogP contribution < -0.4 is 0 Å². The molecule has 0 amide bonds. The molecule has 0 aliphatic rings. The molecule has 0 aromatic carbocycles. The van der Waals surface area contributed by atoms with Crippen LogP contribution in [0.25, 0.3) is 0 Å². The summed E-state index contributed by atoms with van der Waals surface area (Å²) in [4.78, 5) is 0. The summed E-state index contributed by atoms with van der Waals surface area (Å²) in [6.07, 6.45) is 14.5. The van der Waals surface area contributed by atoms with Crippen molar-refractivity contribution in [1.29, 1.82) is 0 Å². The fourth-order valence-corrected chi connectivity index (χ4v) is 2.04. The first-order valence-corrected chi connectivity index (χ1v) is 13.5. The van der Waals surface area contributed by atoms with E-state index in [1.807, 2.05) is 0 Å². The maximum Gasteiger partial charge on any atom is -0.0308 e. The first-order chi connectivity index (χ1) is 13.5. The summed E-state index contributed by atoms with van der Waals surface area (Å²) in [5.74, 6) is 0.935. The van der Waals surface area contributed by atoms with Gasteiger partial charge in [0.25, 0.3) is 0 Å². The fourth-order valence-electron chi connectivity index (χ4n) is 2.04. The van der Waals surface area contributed by atoms with Gasteiger partial charge >= 0.3 is 0 Å². The average Bonchev–Trinajstić information content (AvgIpc) is 2.76. The molecule has 0 radical (unpaired) electrons. The fraction of sp³-hybridized carbons (Fsp3) is 1.00. The van der Waals surface area contributed by atoms with Gasteiger partial charge in [0.15, 0.2) is 0 Å². The third-order valence-corrected chi connectivity index (χ3v) is 6.81. The van der Waals surface area contributed by atoms with Crippen LogP contribution in [0.5, 0.6) is 0 Å². The van der Waals surface area contributed by atoms with Crippen molar-refractivity contribution in [1.82, 2.24) is 0 Å². The number of hydrogen-bond acceptors (Lipinski definition) is 0. The zero-order valence-corrected chi connectivity index (χ0v) is 24.4. The summed E-state index contributed by atoms with van der Waals surface area (Å²) >= 11 is 0. The summed E-state index contributed by atoms with van der Waals surface area (Å²) in [7, 11) is 0. The standard InChI is InChI=1S/C9H20.C7H16.C6H14.C4H10.C3H8/c1-5-9(6-2,7-3)8-4;1-5-7(3,4)6-2;1-4-6(3)5-2;1-3-4-2;1-3-2/h5-8H2,1-4H3;5-6H2,1-4H3;6H,4-5H2,1-3H3;3-4H2,1-2H3;3H2,1-2H3. The van der Waals surface area contributed by atoms with Gasteiger partial charge in [-0.3, -0.25) is 0 Å². The van der Waals surface area contributed by atoms with Crippen molar-refractivity contribution in [3.05, 3.63) is 0 Å². The summed E-state index contributed by atoms with van der Waals surface area (Å²) in [6, 6.07) is 0. The van der Waals surface area contributed by atoms with Crippen LogP contribution in [0.4, 0.5) is 0 Å². The van der Waals surface area contributed by atoms with E-state index < -0.39 is 0 Å². The van der Waals surface area contributed by atoms with Gasteiger partial charge in [0.2, 0.25) is 0 Å².